The molecule has 0 unspecified atom stereocenters. The Balaban J connectivity index is 0.00000300. The van der Waals surface area contributed by atoms with Crippen molar-refractivity contribution in [3.05, 3.63) is 66.1 Å². The van der Waals surface area contributed by atoms with Crippen LogP contribution in [0.2, 0.25) is 0 Å². The third-order valence-corrected chi connectivity index (χ3v) is 4.68. The second-order valence-electron chi connectivity index (χ2n) is 7.39. The molecule has 3 rings (SSSR count). The SMILES string of the molecule is [CH2-]CC(=O)c1cc(C(C)C)c(O[C@@H]2N=NN=[N+]2c2ccccc2)c(C(C)C)c1.[Co]. The molecule has 7 heteroatoms. The van der Waals surface area contributed by atoms with Crippen molar-refractivity contribution >= 4 is 11.5 Å². The van der Waals surface area contributed by atoms with Crippen LogP contribution in [-0.4, -0.2) is 16.8 Å². The summed E-state index contributed by atoms with van der Waals surface area (Å²) in [5.74, 6) is 1.11. The van der Waals surface area contributed by atoms with Crippen molar-refractivity contribution in [2.24, 2.45) is 15.6 Å². The van der Waals surface area contributed by atoms with E-state index in [-0.39, 0.29) is 40.8 Å². The van der Waals surface area contributed by atoms with E-state index in [0.29, 0.717) is 5.56 Å². The third kappa shape index (κ3) is 4.97. The summed E-state index contributed by atoms with van der Waals surface area (Å²) in [6.45, 7) is 12.1. The van der Waals surface area contributed by atoms with Crippen LogP contribution in [0.1, 0.15) is 67.4 Å². The van der Waals surface area contributed by atoms with Gasteiger partial charge in [0.1, 0.15) is 11.5 Å². The number of Topliss-reactive ketones (excluding diaryl/α,β-unsaturated/α-hetero) is 1. The maximum Gasteiger partial charge on any atom is 0.406 e. The third-order valence-electron chi connectivity index (χ3n) is 4.68. The second-order valence-corrected chi connectivity index (χ2v) is 7.39. The Morgan fingerprint density at radius 1 is 1.10 bits per heavy atom. The first-order valence-corrected chi connectivity index (χ1v) is 9.54. The number of carbonyl (C=O) groups is 1. The summed E-state index contributed by atoms with van der Waals surface area (Å²) in [5, 5.41) is 12.1. The Morgan fingerprint density at radius 2 is 1.69 bits per heavy atom. The number of ether oxygens (including phenoxy) is 1. The number of nitrogens with zero attached hydrogens (tertiary/aromatic N) is 4. The molecule has 0 bridgehead atoms. The van der Waals surface area contributed by atoms with E-state index < -0.39 is 6.35 Å². The molecule has 0 saturated carbocycles. The minimum atomic E-state index is -0.688. The van der Waals surface area contributed by atoms with Crippen LogP contribution in [0.4, 0.5) is 5.69 Å². The predicted octanol–water partition coefficient (Wildman–Crippen LogP) is 6.18. The van der Waals surface area contributed by atoms with E-state index in [9.17, 15) is 4.79 Å². The maximum absolute atomic E-state index is 12.3. The molecule has 0 saturated heterocycles. The van der Waals surface area contributed by atoms with E-state index in [2.05, 4.69) is 50.2 Å². The van der Waals surface area contributed by atoms with Gasteiger partial charge in [-0.3, -0.25) is 4.79 Å². The summed E-state index contributed by atoms with van der Waals surface area (Å²) in [6, 6.07) is 13.5. The normalized spacial score (nSPS) is 15.4. The fourth-order valence-electron chi connectivity index (χ4n) is 3.12. The molecule has 1 aliphatic rings. The molecule has 6 nitrogen and oxygen atoms in total. The van der Waals surface area contributed by atoms with Crippen molar-refractivity contribution in [1.29, 1.82) is 0 Å². The molecule has 0 fully saturated rings. The summed E-state index contributed by atoms with van der Waals surface area (Å²) in [4.78, 5) is 12.3. The molecule has 1 radical (unpaired) electrons. The van der Waals surface area contributed by atoms with Gasteiger partial charge in [0.2, 0.25) is 5.22 Å². The van der Waals surface area contributed by atoms with Gasteiger partial charge < -0.3 is 11.7 Å². The zero-order chi connectivity index (χ0) is 20.3. The molecular formula is C22H26CoN4O2. The molecule has 2 aromatic rings. The summed E-state index contributed by atoms with van der Waals surface area (Å²) in [6.07, 6.45) is -0.459. The number of rotatable bonds is 7. The topological polar surface area (TPSA) is 66.4 Å². The van der Waals surface area contributed by atoms with Gasteiger partial charge in [0, 0.05) is 27.5 Å². The zero-order valence-corrected chi connectivity index (χ0v) is 18.2. The largest absolute Gasteiger partial charge is 0.429 e. The van der Waals surface area contributed by atoms with Crippen LogP contribution in [0.3, 0.4) is 0 Å². The average Bonchev–Trinajstić information content (AvgIpc) is 3.15. The van der Waals surface area contributed by atoms with Crippen molar-refractivity contribution in [3.63, 3.8) is 0 Å². The first-order valence-electron chi connectivity index (χ1n) is 9.54. The number of para-hydroxylation sites is 1. The molecule has 2 aromatic carbocycles. The number of hydrogen-bond acceptors (Lipinski definition) is 5. The van der Waals surface area contributed by atoms with Crippen LogP contribution in [0.25, 0.3) is 0 Å². The summed E-state index contributed by atoms with van der Waals surface area (Å²) >= 11 is 0. The van der Waals surface area contributed by atoms with Crippen molar-refractivity contribution in [2.45, 2.75) is 52.3 Å². The molecule has 0 amide bonds. The zero-order valence-electron chi connectivity index (χ0n) is 17.1. The van der Waals surface area contributed by atoms with Gasteiger partial charge in [-0.05, 0) is 47.2 Å². The van der Waals surface area contributed by atoms with Gasteiger partial charge in [0.05, 0.1) is 0 Å². The molecule has 1 aliphatic heterocycles. The standard InChI is InChI=1S/C22H26N4O2.Co/c1-6-20(27)16-12-18(14(2)3)21(19(13-16)15(4)5)28-22-23-24-25-26(22)17-10-8-7-9-11-17;/h7-15,22H,1,6H2,2-5H3;/t22-;/m1./s1. The molecule has 29 heavy (non-hydrogen) atoms. The number of carbonyl (C=O) groups excluding carboxylic acids is 1. The van der Waals surface area contributed by atoms with Gasteiger partial charge in [-0.25, -0.2) is 0 Å². The number of benzene rings is 2. The summed E-state index contributed by atoms with van der Waals surface area (Å²) in [5.41, 5.74) is 3.46. The maximum atomic E-state index is 12.3. The Labute approximate surface area is 182 Å². The molecule has 0 spiro atoms. The van der Waals surface area contributed by atoms with E-state index in [1.54, 1.807) is 4.70 Å². The van der Waals surface area contributed by atoms with Gasteiger partial charge in [-0.2, -0.15) is 0 Å². The minimum Gasteiger partial charge on any atom is -0.429 e. The smallest absolute Gasteiger partial charge is 0.406 e. The van der Waals surface area contributed by atoms with Crippen molar-refractivity contribution < 1.29 is 31.0 Å². The van der Waals surface area contributed by atoms with Gasteiger partial charge >= 0.3 is 6.35 Å². The molecule has 0 N–H and O–H groups in total. The van der Waals surface area contributed by atoms with Gasteiger partial charge in [0.15, 0.2) is 10.9 Å². The minimum absolute atomic E-state index is 0. The van der Waals surface area contributed by atoms with Crippen LogP contribution in [0, 0.1) is 6.92 Å². The summed E-state index contributed by atoms with van der Waals surface area (Å²) in [7, 11) is 0. The van der Waals surface area contributed by atoms with Crippen molar-refractivity contribution in [1.82, 2.24) is 0 Å². The van der Waals surface area contributed by atoms with Crippen molar-refractivity contribution in [3.8, 4) is 5.75 Å². The quantitative estimate of drug-likeness (QED) is 0.295. The van der Waals surface area contributed by atoms with Crippen LogP contribution in [-0.2, 0) is 16.8 Å². The van der Waals surface area contributed by atoms with E-state index in [1.165, 1.54) is 0 Å². The summed E-state index contributed by atoms with van der Waals surface area (Å²) < 4.78 is 7.98. The van der Waals surface area contributed by atoms with Crippen LogP contribution in [0.5, 0.6) is 5.75 Å². The van der Waals surface area contributed by atoms with Gasteiger partial charge in [-0.15, -0.1) is 6.42 Å². The fraction of sp³-hybridized carbons (Fsp3) is 0.364. The Hall–Kier alpha value is -2.38. The molecule has 0 aliphatic carbocycles. The number of hydrogen-bond donors (Lipinski definition) is 0. The molecule has 1 atom stereocenters. The van der Waals surface area contributed by atoms with Gasteiger partial charge in [-0.1, -0.05) is 50.6 Å². The second kappa shape index (κ2) is 9.89. The van der Waals surface area contributed by atoms with E-state index in [1.807, 2.05) is 42.5 Å². The molecule has 0 aromatic heterocycles. The van der Waals surface area contributed by atoms with Crippen molar-refractivity contribution in [2.75, 3.05) is 0 Å². The first kappa shape index (κ1) is 22.9. The Kier molecular flexibility index (Phi) is 7.81. The van der Waals surface area contributed by atoms with Crippen LogP contribution < -0.4 is 4.74 Å². The molecule has 1 heterocycles. The van der Waals surface area contributed by atoms with E-state index >= 15 is 0 Å². The molecule has 155 valence electrons. The molecular weight excluding hydrogens is 411 g/mol. The first-order chi connectivity index (χ1) is 13.4. The van der Waals surface area contributed by atoms with Gasteiger partial charge in [0.25, 0.3) is 0 Å². The van der Waals surface area contributed by atoms with Crippen LogP contribution >= 0.6 is 0 Å². The van der Waals surface area contributed by atoms with E-state index in [4.69, 9.17) is 4.74 Å². The fourth-order valence-corrected chi connectivity index (χ4v) is 3.12. The van der Waals surface area contributed by atoms with Crippen LogP contribution in [0.15, 0.2) is 58.0 Å². The monoisotopic (exact) mass is 437 g/mol. The predicted molar refractivity (Wildman–Crippen MR) is 107 cm³/mol. The number of ketones is 1. The average molecular weight is 437 g/mol. The Morgan fingerprint density at radius 3 is 2.21 bits per heavy atom. The van der Waals surface area contributed by atoms with E-state index in [0.717, 1.165) is 22.6 Å². The Bertz CT molecular complexity index is 895.